The standard InChI is InChI=1S/C12H23N/c1-2-5-11-6-3-4-9-13-10-12(13)8-7-11/h11-12H,2-10H2,1H3. The normalized spacial score (nSPS) is 39.9. The Labute approximate surface area is 82.5 Å². The Morgan fingerprint density at radius 1 is 1.15 bits per heavy atom. The zero-order valence-corrected chi connectivity index (χ0v) is 8.97. The summed E-state index contributed by atoms with van der Waals surface area (Å²) in [5, 5.41) is 0. The Hall–Kier alpha value is -0.0400. The summed E-state index contributed by atoms with van der Waals surface area (Å²) in [6.07, 6.45) is 10.3. The van der Waals surface area contributed by atoms with Crippen molar-refractivity contribution in [2.24, 2.45) is 5.92 Å². The second kappa shape index (κ2) is 4.45. The quantitative estimate of drug-likeness (QED) is 0.592. The molecule has 0 aromatic carbocycles. The van der Waals surface area contributed by atoms with Gasteiger partial charge in [-0.2, -0.15) is 0 Å². The van der Waals surface area contributed by atoms with Crippen LogP contribution in [0.4, 0.5) is 0 Å². The second-order valence-electron chi connectivity index (χ2n) is 4.88. The molecule has 0 aliphatic carbocycles. The summed E-state index contributed by atoms with van der Waals surface area (Å²) in [6, 6.07) is 0.998. The highest BCUT2D eigenvalue weighted by atomic mass is 15.3. The molecule has 0 aromatic rings. The van der Waals surface area contributed by atoms with Crippen LogP contribution in [-0.2, 0) is 0 Å². The van der Waals surface area contributed by atoms with Gasteiger partial charge in [0.1, 0.15) is 0 Å². The average Bonchev–Trinajstić information content (AvgIpc) is 2.86. The van der Waals surface area contributed by atoms with Crippen LogP contribution in [0.15, 0.2) is 0 Å². The summed E-state index contributed by atoms with van der Waals surface area (Å²) < 4.78 is 0. The van der Waals surface area contributed by atoms with Crippen LogP contribution in [0.5, 0.6) is 0 Å². The van der Waals surface area contributed by atoms with E-state index in [1.54, 1.807) is 0 Å². The molecule has 0 radical (unpaired) electrons. The Bertz CT molecular complexity index is 155. The van der Waals surface area contributed by atoms with E-state index >= 15 is 0 Å². The molecule has 2 rings (SSSR count). The molecule has 3 atom stereocenters. The average molecular weight is 181 g/mol. The molecule has 13 heavy (non-hydrogen) atoms. The van der Waals surface area contributed by atoms with Gasteiger partial charge in [-0.25, -0.2) is 0 Å². The van der Waals surface area contributed by atoms with Gasteiger partial charge < -0.3 is 0 Å². The Morgan fingerprint density at radius 2 is 2.08 bits per heavy atom. The first kappa shape index (κ1) is 9.51. The van der Waals surface area contributed by atoms with Crippen LogP contribution in [0.3, 0.4) is 0 Å². The van der Waals surface area contributed by atoms with E-state index in [0.717, 1.165) is 12.0 Å². The third-order valence-electron chi connectivity index (χ3n) is 3.74. The third-order valence-corrected chi connectivity index (χ3v) is 3.74. The van der Waals surface area contributed by atoms with Gasteiger partial charge in [0.2, 0.25) is 0 Å². The Morgan fingerprint density at radius 3 is 2.92 bits per heavy atom. The molecule has 1 heteroatoms. The monoisotopic (exact) mass is 181 g/mol. The van der Waals surface area contributed by atoms with Crippen LogP contribution < -0.4 is 0 Å². The summed E-state index contributed by atoms with van der Waals surface area (Å²) in [7, 11) is 0. The zero-order valence-electron chi connectivity index (χ0n) is 8.97. The van der Waals surface area contributed by atoms with Crippen molar-refractivity contribution in [1.29, 1.82) is 0 Å². The molecule has 0 bridgehead atoms. The van der Waals surface area contributed by atoms with Gasteiger partial charge in [-0.1, -0.05) is 32.6 Å². The third kappa shape index (κ3) is 2.70. The van der Waals surface area contributed by atoms with Gasteiger partial charge in [0, 0.05) is 12.6 Å². The van der Waals surface area contributed by atoms with Gasteiger partial charge in [-0.05, 0) is 31.7 Å². The Kier molecular flexibility index (Phi) is 3.26. The maximum Gasteiger partial charge on any atom is 0.0224 e. The van der Waals surface area contributed by atoms with E-state index in [4.69, 9.17) is 0 Å². The molecular weight excluding hydrogens is 158 g/mol. The van der Waals surface area contributed by atoms with Gasteiger partial charge in [0.15, 0.2) is 0 Å². The first-order chi connectivity index (χ1) is 6.40. The summed E-state index contributed by atoms with van der Waals surface area (Å²) >= 11 is 0. The maximum atomic E-state index is 2.66. The molecule has 2 aliphatic rings. The maximum absolute atomic E-state index is 2.66. The minimum absolute atomic E-state index is 0.998. The topological polar surface area (TPSA) is 3.01 Å². The highest BCUT2D eigenvalue weighted by Crippen LogP contribution is 2.30. The highest BCUT2D eigenvalue weighted by molar-refractivity contribution is 4.89. The predicted molar refractivity (Wildman–Crippen MR) is 56.8 cm³/mol. The van der Waals surface area contributed by atoms with Gasteiger partial charge in [0.25, 0.3) is 0 Å². The van der Waals surface area contributed by atoms with Crippen LogP contribution >= 0.6 is 0 Å². The summed E-state index contributed by atoms with van der Waals surface area (Å²) in [4.78, 5) is 2.66. The van der Waals surface area contributed by atoms with E-state index in [1.807, 2.05) is 0 Å². The van der Waals surface area contributed by atoms with Crippen molar-refractivity contribution in [3.63, 3.8) is 0 Å². The van der Waals surface area contributed by atoms with Crippen molar-refractivity contribution in [2.75, 3.05) is 13.1 Å². The predicted octanol–water partition coefficient (Wildman–Crippen LogP) is 3.05. The Balaban J connectivity index is 1.77. The number of fused-ring (bicyclic) bond motifs is 1. The van der Waals surface area contributed by atoms with E-state index in [2.05, 4.69) is 11.8 Å². The molecule has 0 N–H and O–H groups in total. The molecule has 0 spiro atoms. The van der Waals surface area contributed by atoms with Crippen LogP contribution in [0.25, 0.3) is 0 Å². The molecule has 76 valence electrons. The number of rotatable bonds is 2. The molecule has 0 aromatic heterocycles. The first-order valence-electron chi connectivity index (χ1n) is 6.14. The van der Waals surface area contributed by atoms with E-state index in [1.165, 1.54) is 58.0 Å². The molecule has 0 amide bonds. The minimum Gasteiger partial charge on any atom is -0.298 e. The molecule has 2 saturated heterocycles. The largest absolute Gasteiger partial charge is 0.298 e. The van der Waals surface area contributed by atoms with Gasteiger partial charge in [-0.15, -0.1) is 0 Å². The van der Waals surface area contributed by atoms with Crippen molar-refractivity contribution in [3.8, 4) is 0 Å². The number of hydrogen-bond donors (Lipinski definition) is 0. The minimum atomic E-state index is 0.998. The SMILES string of the molecule is CCCC1CCCCN2CC2CC1. The first-order valence-corrected chi connectivity index (χ1v) is 6.14. The van der Waals surface area contributed by atoms with Crippen molar-refractivity contribution < 1.29 is 0 Å². The van der Waals surface area contributed by atoms with Crippen LogP contribution in [-0.4, -0.2) is 24.0 Å². The molecule has 2 heterocycles. The van der Waals surface area contributed by atoms with Crippen molar-refractivity contribution in [1.82, 2.24) is 4.90 Å². The summed E-state index contributed by atoms with van der Waals surface area (Å²) in [5.41, 5.74) is 0. The van der Waals surface area contributed by atoms with Gasteiger partial charge in [-0.3, -0.25) is 4.90 Å². The van der Waals surface area contributed by atoms with Crippen LogP contribution in [0.1, 0.15) is 51.9 Å². The lowest BCUT2D eigenvalue weighted by atomic mass is 9.92. The smallest absolute Gasteiger partial charge is 0.0224 e. The fourth-order valence-electron chi connectivity index (χ4n) is 2.79. The highest BCUT2D eigenvalue weighted by Gasteiger charge is 2.33. The lowest BCUT2D eigenvalue weighted by Gasteiger charge is -2.14. The molecule has 2 fully saturated rings. The van der Waals surface area contributed by atoms with Crippen LogP contribution in [0.2, 0.25) is 0 Å². The van der Waals surface area contributed by atoms with E-state index in [9.17, 15) is 0 Å². The molecule has 1 nitrogen and oxygen atoms in total. The van der Waals surface area contributed by atoms with Gasteiger partial charge >= 0.3 is 0 Å². The fraction of sp³-hybridized carbons (Fsp3) is 1.00. The zero-order chi connectivity index (χ0) is 9.10. The second-order valence-corrected chi connectivity index (χ2v) is 4.88. The van der Waals surface area contributed by atoms with E-state index in [0.29, 0.717) is 0 Å². The van der Waals surface area contributed by atoms with Crippen molar-refractivity contribution in [3.05, 3.63) is 0 Å². The van der Waals surface area contributed by atoms with E-state index in [-0.39, 0.29) is 0 Å². The fourth-order valence-corrected chi connectivity index (χ4v) is 2.79. The molecular formula is C12H23N. The lowest BCUT2D eigenvalue weighted by molar-refractivity contribution is 0.396. The number of nitrogens with zero attached hydrogens (tertiary/aromatic N) is 1. The van der Waals surface area contributed by atoms with Gasteiger partial charge in [0.05, 0.1) is 0 Å². The van der Waals surface area contributed by atoms with E-state index < -0.39 is 0 Å². The molecule has 2 aliphatic heterocycles. The summed E-state index contributed by atoms with van der Waals surface area (Å²) in [6.45, 7) is 5.14. The number of hydrogen-bond acceptors (Lipinski definition) is 1. The van der Waals surface area contributed by atoms with Crippen LogP contribution in [0, 0.1) is 5.92 Å². The van der Waals surface area contributed by atoms with Crippen molar-refractivity contribution in [2.45, 2.75) is 57.9 Å². The lowest BCUT2D eigenvalue weighted by Crippen LogP contribution is -2.03. The van der Waals surface area contributed by atoms with Crippen molar-refractivity contribution >= 4 is 0 Å². The molecule has 3 unspecified atom stereocenters. The molecule has 0 saturated carbocycles. The summed E-state index contributed by atoms with van der Waals surface area (Å²) in [5.74, 6) is 1.06.